The third-order valence-electron chi connectivity index (χ3n) is 1.48. The average Bonchev–Trinajstić information content (AvgIpc) is 1.95. The molecule has 1 heterocycles. The summed E-state index contributed by atoms with van der Waals surface area (Å²) in [6.45, 7) is 2.08. The number of hydrogen-bond donors (Lipinski definition) is 0. The summed E-state index contributed by atoms with van der Waals surface area (Å²) in [6, 6.07) is 2.09. The van der Waals surface area contributed by atoms with Crippen LogP contribution in [0.15, 0.2) is 16.7 Å². The first-order valence-corrected chi connectivity index (χ1v) is 5.32. The molecule has 0 aliphatic rings. The minimum Gasteiger partial charge on any atom is -0.260 e. The fourth-order valence-corrected chi connectivity index (χ4v) is 1.74. The van der Waals surface area contributed by atoms with Gasteiger partial charge in [-0.25, -0.2) is 0 Å². The van der Waals surface area contributed by atoms with Gasteiger partial charge in [0, 0.05) is 21.7 Å². The van der Waals surface area contributed by atoms with Crippen LogP contribution in [0, 0.1) is 6.92 Å². The first kappa shape index (κ1) is 9.20. The van der Waals surface area contributed by atoms with Crippen LogP contribution in [0.2, 0.25) is 0 Å². The molecule has 60 valence electrons. The lowest BCUT2D eigenvalue weighted by atomic mass is 10.2. The molecule has 0 bridgehead atoms. The lowest BCUT2D eigenvalue weighted by Crippen LogP contribution is -1.94. The highest BCUT2D eigenvalue weighted by molar-refractivity contribution is 9.10. The van der Waals surface area contributed by atoms with Crippen molar-refractivity contribution in [2.75, 3.05) is 5.33 Å². The summed E-state index contributed by atoms with van der Waals surface area (Å²) >= 11 is 6.76. The Bertz CT molecular complexity index is 248. The van der Waals surface area contributed by atoms with Crippen molar-refractivity contribution >= 4 is 31.9 Å². The molecule has 0 N–H and O–H groups in total. The van der Waals surface area contributed by atoms with Crippen molar-refractivity contribution in [2.24, 2.45) is 0 Å². The second kappa shape index (κ2) is 4.21. The molecule has 0 saturated carbocycles. The van der Waals surface area contributed by atoms with Gasteiger partial charge in [0.15, 0.2) is 0 Å². The number of hydrogen-bond acceptors (Lipinski definition) is 1. The summed E-state index contributed by atoms with van der Waals surface area (Å²) in [4.78, 5) is 4.29. The van der Waals surface area contributed by atoms with E-state index in [0.29, 0.717) is 0 Å². The molecule has 1 rings (SSSR count). The summed E-state index contributed by atoms with van der Waals surface area (Å²) < 4.78 is 1.05. The zero-order valence-electron chi connectivity index (χ0n) is 6.27. The van der Waals surface area contributed by atoms with Gasteiger partial charge in [0.1, 0.15) is 0 Å². The van der Waals surface area contributed by atoms with E-state index in [1.807, 2.05) is 6.20 Å². The SMILES string of the molecule is Cc1cc(Br)cnc1CCBr. The van der Waals surface area contributed by atoms with Gasteiger partial charge in [-0.2, -0.15) is 0 Å². The van der Waals surface area contributed by atoms with Gasteiger partial charge in [0.2, 0.25) is 0 Å². The second-order valence-corrected chi connectivity index (χ2v) is 4.06. The maximum Gasteiger partial charge on any atom is 0.0441 e. The molecular formula is C8H9Br2N. The monoisotopic (exact) mass is 277 g/mol. The molecule has 1 nitrogen and oxygen atoms in total. The van der Waals surface area contributed by atoms with Crippen LogP contribution in [0.25, 0.3) is 0 Å². The minimum absolute atomic E-state index is 0.975. The molecule has 0 aliphatic heterocycles. The Morgan fingerprint density at radius 1 is 1.55 bits per heavy atom. The summed E-state index contributed by atoms with van der Waals surface area (Å²) in [6.07, 6.45) is 2.84. The van der Waals surface area contributed by atoms with Crippen molar-refractivity contribution in [3.05, 3.63) is 28.0 Å². The molecule has 3 heteroatoms. The fourth-order valence-electron chi connectivity index (χ4n) is 0.920. The standard InChI is InChI=1S/C8H9Br2N/c1-6-4-7(10)5-11-8(6)2-3-9/h4-5H,2-3H2,1H3. The molecule has 0 aliphatic carbocycles. The van der Waals surface area contributed by atoms with E-state index in [2.05, 4.69) is 49.8 Å². The highest BCUT2D eigenvalue weighted by Crippen LogP contribution is 2.13. The van der Waals surface area contributed by atoms with E-state index in [9.17, 15) is 0 Å². The summed E-state index contributed by atoms with van der Waals surface area (Å²) in [5.74, 6) is 0. The number of pyridine rings is 1. The Kier molecular flexibility index (Phi) is 3.52. The quantitative estimate of drug-likeness (QED) is 0.758. The van der Waals surface area contributed by atoms with Crippen molar-refractivity contribution < 1.29 is 0 Å². The van der Waals surface area contributed by atoms with Crippen molar-refractivity contribution in [1.82, 2.24) is 4.98 Å². The predicted molar refractivity (Wildman–Crippen MR) is 54.2 cm³/mol. The summed E-state index contributed by atoms with van der Waals surface area (Å²) in [5.41, 5.74) is 2.42. The Balaban J connectivity index is 2.90. The van der Waals surface area contributed by atoms with E-state index in [-0.39, 0.29) is 0 Å². The van der Waals surface area contributed by atoms with Crippen LogP contribution >= 0.6 is 31.9 Å². The zero-order chi connectivity index (χ0) is 8.27. The molecule has 1 aromatic heterocycles. The van der Waals surface area contributed by atoms with Gasteiger partial charge in [-0.05, 0) is 40.9 Å². The van der Waals surface area contributed by atoms with Gasteiger partial charge >= 0.3 is 0 Å². The third kappa shape index (κ3) is 2.56. The van der Waals surface area contributed by atoms with Gasteiger partial charge in [-0.3, -0.25) is 4.98 Å². The fraction of sp³-hybridized carbons (Fsp3) is 0.375. The number of aromatic nitrogens is 1. The molecule has 1 aromatic rings. The average molecular weight is 279 g/mol. The maximum absolute atomic E-state index is 4.29. The van der Waals surface area contributed by atoms with E-state index in [4.69, 9.17) is 0 Å². The number of nitrogens with zero attached hydrogens (tertiary/aromatic N) is 1. The molecule has 0 amide bonds. The third-order valence-corrected chi connectivity index (χ3v) is 2.31. The lowest BCUT2D eigenvalue weighted by Gasteiger charge is -2.01. The number of alkyl halides is 1. The summed E-state index contributed by atoms with van der Waals surface area (Å²) in [7, 11) is 0. The molecule has 0 unspecified atom stereocenters. The number of halogens is 2. The molecule has 0 atom stereocenters. The Morgan fingerprint density at radius 3 is 2.82 bits per heavy atom. The predicted octanol–water partition coefficient (Wildman–Crippen LogP) is 3.09. The lowest BCUT2D eigenvalue weighted by molar-refractivity contribution is 1.02. The van der Waals surface area contributed by atoms with E-state index in [1.54, 1.807) is 0 Å². The smallest absolute Gasteiger partial charge is 0.0441 e. The van der Waals surface area contributed by atoms with Crippen LogP contribution in [-0.4, -0.2) is 10.3 Å². The molecule has 0 radical (unpaired) electrons. The molecule has 11 heavy (non-hydrogen) atoms. The van der Waals surface area contributed by atoms with Gasteiger partial charge in [0.05, 0.1) is 0 Å². The van der Waals surface area contributed by atoms with Crippen molar-refractivity contribution in [3.63, 3.8) is 0 Å². The van der Waals surface area contributed by atoms with Crippen LogP contribution in [0.4, 0.5) is 0 Å². The largest absolute Gasteiger partial charge is 0.260 e. The van der Waals surface area contributed by atoms with Gasteiger partial charge in [-0.15, -0.1) is 0 Å². The topological polar surface area (TPSA) is 12.9 Å². The summed E-state index contributed by atoms with van der Waals surface area (Å²) in [5, 5.41) is 0.975. The van der Waals surface area contributed by atoms with Crippen LogP contribution in [0.5, 0.6) is 0 Å². The maximum atomic E-state index is 4.29. The Labute approximate surface area is 83.5 Å². The molecule has 0 aromatic carbocycles. The van der Waals surface area contributed by atoms with Crippen molar-refractivity contribution in [3.8, 4) is 0 Å². The van der Waals surface area contributed by atoms with Gasteiger partial charge in [0.25, 0.3) is 0 Å². The Morgan fingerprint density at radius 2 is 2.27 bits per heavy atom. The van der Waals surface area contributed by atoms with E-state index in [1.165, 1.54) is 11.3 Å². The van der Waals surface area contributed by atoms with E-state index in [0.717, 1.165) is 16.2 Å². The molecule has 0 spiro atoms. The first-order chi connectivity index (χ1) is 5.24. The second-order valence-electron chi connectivity index (χ2n) is 2.36. The van der Waals surface area contributed by atoms with Crippen molar-refractivity contribution in [2.45, 2.75) is 13.3 Å². The van der Waals surface area contributed by atoms with Gasteiger partial charge < -0.3 is 0 Å². The van der Waals surface area contributed by atoms with Crippen molar-refractivity contribution in [1.29, 1.82) is 0 Å². The highest BCUT2D eigenvalue weighted by Gasteiger charge is 1.98. The van der Waals surface area contributed by atoms with Crippen LogP contribution in [0.1, 0.15) is 11.3 Å². The zero-order valence-corrected chi connectivity index (χ0v) is 9.44. The first-order valence-electron chi connectivity index (χ1n) is 3.41. The van der Waals surface area contributed by atoms with Gasteiger partial charge in [-0.1, -0.05) is 15.9 Å². The van der Waals surface area contributed by atoms with E-state index >= 15 is 0 Å². The number of rotatable bonds is 2. The number of aryl methyl sites for hydroxylation is 2. The van der Waals surface area contributed by atoms with Crippen LogP contribution in [-0.2, 0) is 6.42 Å². The highest BCUT2D eigenvalue weighted by atomic mass is 79.9. The Hall–Kier alpha value is 0.110. The minimum atomic E-state index is 0.975. The van der Waals surface area contributed by atoms with Crippen LogP contribution in [0.3, 0.4) is 0 Å². The molecular weight excluding hydrogens is 270 g/mol. The molecule has 0 fully saturated rings. The van der Waals surface area contributed by atoms with E-state index < -0.39 is 0 Å². The normalized spacial score (nSPS) is 10.1. The molecule has 0 saturated heterocycles. The van der Waals surface area contributed by atoms with Crippen LogP contribution < -0.4 is 0 Å².